The number of hydrogen-bond donors (Lipinski definition) is 1. The third kappa shape index (κ3) is 6.33. The Bertz CT molecular complexity index is 371. The molecule has 1 aliphatic rings. The molecule has 1 N–H and O–H groups in total. The van der Waals surface area contributed by atoms with E-state index < -0.39 is 9.84 Å². The van der Waals surface area contributed by atoms with Gasteiger partial charge in [-0.2, -0.15) is 11.8 Å². The van der Waals surface area contributed by atoms with Crippen molar-refractivity contribution >= 4 is 21.6 Å². The first kappa shape index (κ1) is 18.3. The van der Waals surface area contributed by atoms with Gasteiger partial charge < -0.3 is 5.32 Å². The molecule has 0 aromatic carbocycles. The average molecular weight is 323 g/mol. The Morgan fingerprint density at radius 2 is 2.05 bits per heavy atom. The zero-order chi connectivity index (χ0) is 15.2. The standard InChI is InChI=1S/C14H30N2O2S2/c1-12(2)10-15-7-5-6-13(3)16-8-9-19-11-14(16)20(4,17)18/h12-15H,5-11H2,1-4H3. The molecular weight excluding hydrogens is 292 g/mol. The van der Waals surface area contributed by atoms with E-state index in [2.05, 4.69) is 31.0 Å². The van der Waals surface area contributed by atoms with Crippen LogP contribution < -0.4 is 5.32 Å². The first-order valence-corrected chi connectivity index (χ1v) is 10.7. The number of nitrogens with one attached hydrogen (secondary N) is 1. The molecule has 1 heterocycles. The highest BCUT2D eigenvalue weighted by Gasteiger charge is 2.33. The van der Waals surface area contributed by atoms with E-state index in [1.165, 1.54) is 6.26 Å². The lowest BCUT2D eigenvalue weighted by molar-refractivity contribution is 0.193. The molecule has 0 bridgehead atoms. The highest BCUT2D eigenvalue weighted by molar-refractivity contribution is 8.00. The van der Waals surface area contributed by atoms with Gasteiger partial charge in [-0.3, -0.25) is 4.90 Å². The van der Waals surface area contributed by atoms with Crippen LogP contribution in [0.1, 0.15) is 33.6 Å². The van der Waals surface area contributed by atoms with Gasteiger partial charge in [0.15, 0.2) is 9.84 Å². The Hall–Kier alpha value is 0.220. The van der Waals surface area contributed by atoms with Crippen molar-refractivity contribution in [1.29, 1.82) is 0 Å². The minimum absolute atomic E-state index is 0.292. The number of hydrogen-bond acceptors (Lipinski definition) is 5. The number of nitrogens with zero attached hydrogens (tertiary/aromatic N) is 1. The topological polar surface area (TPSA) is 49.4 Å². The van der Waals surface area contributed by atoms with Crippen LogP contribution in [0.5, 0.6) is 0 Å². The van der Waals surface area contributed by atoms with Gasteiger partial charge >= 0.3 is 0 Å². The molecule has 0 aromatic heterocycles. The van der Waals surface area contributed by atoms with Gasteiger partial charge in [-0.05, 0) is 38.8 Å². The average Bonchev–Trinajstić information content (AvgIpc) is 2.36. The smallest absolute Gasteiger partial charge is 0.164 e. The predicted octanol–water partition coefficient (Wildman–Crippen LogP) is 1.82. The Morgan fingerprint density at radius 3 is 2.65 bits per heavy atom. The maximum Gasteiger partial charge on any atom is 0.164 e. The van der Waals surface area contributed by atoms with Crippen molar-refractivity contribution in [3.63, 3.8) is 0 Å². The van der Waals surface area contributed by atoms with E-state index in [1.54, 1.807) is 11.8 Å². The molecule has 1 saturated heterocycles. The molecule has 2 atom stereocenters. The molecule has 0 saturated carbocycles. The van der Waals surface area contributed by atoms with E-state index in [0.717, 1.165) is 44.0 Å². The first-order chi connectivity index (χ1) is 9.32. The second-order valence-corrected chi connectivity index (χ2v) is 9.54. The van der Waals surface area contributed by atoms with Gasteiger partial charge in [-0.15, -0.1) is 0 Å². The summed E-state index contributed by atoms with van der Waals surface area (Å²) < 4.78 is 23.8. The number of sulfone groups is 1. The van der Waals surface area contributed by atoms with Crippen LogP contribution >= 0.6 is 11.8 Å². The first-order valence-electron chi connectivity index (χ1n) is 7.55. The zero-order valence-corrected chi connectivity index (χ0v) is 14.9. The molecule has 120 valence electrons. The van der Waals surface area contributed by atoms with Crippen LogP contribution in [0.3, 0.4) is 0 Å². The van der Waals surface area contributed by atoms with Crippen molar-refractivity contribution < 1.29 is 8.42 Å². The van der Waals surface area contributed by atoms with Crippen molar-refractivity contribution in [2.24, 2.45) is 5.92 Å². The van der Waals surface area contributed by atoms with Crippen LogP contribution in [0.25, 0.3) is 0 Å². The van der Waals surface area contributed by atoms with E-state index in [9.17, 15) is 8.42 Å². The summed E-state index contributed by atoms with van der Waals surface area (Å²) in [7, 11) is -2.98. The molecule has 0 spiro atoms. The number of rotatable bonds is 8. The lowest BCUT2D eigenvalue weighted by Crippen LogP contribution is -2.51. The summed E-state index contributed by atoms with van der Waals surface area (Å²) in [5.41, 5.74) is 0. The van der Waals surface area contributed by atoms with Crippen molar-refractivity contribution in [1.82, 2.24) is 10.2 Å². The van der Waals surface area contributed by atoms with Crippen LogP contribution in [0.2, 0.25) is 0 Å². The molecule has 2 unspecified atom stereocenters. The fourth-order valence-electron chi connectivity index (χ4n) is 2.55. The predicted molar refractivity (Wildman–Crippen MR) is 89.1 cm³/mol. The Kier molecular flexibility index (Phi) is 7.87. The van der Waals surface area contributed by atoms with Crippen LogP contribution in [0.4, 0.5) is 0 Å². The van der Waals surface area contributed by atoms with E-state index in [-0.39, 0.29) is 5.37 Å². The summed E-state index contributed by atoms with van der Waals surface area (Å²) in [6.45, 7) is 9.55. The minimum atomic E-state index is -2.98. The third-order valence-corrected chi connectivity index (χ3v) is 6.37. The largest absolute Gasteiger partial charge is 0.316 e. The second-order valence-electron chi connectivity index (χ2n) is 6.19. The van der Waals surface area contributed by atoms with Crippen molar-refractivity contribution in [3.05, 3.63) is 0 Å². The van der Waals surface area contributed by atoms with Gasteiger partial charge in [0.1, 0.15) is 5.37 Å². The van der Waals surface area contributed by atoms with Crippen LogP contribution in [0, 0.1) is 5.92 Å². The van der Waals surface area contributed by atoms with E-state index in [0.29, 0.717) is 12.0 Å². The normalized spacial score (nSPS) is 23.1. The highest BCUT2D eigenvalue weighted by Crippen LogP contribution is 2.23. The summed E-state index contributed by atoms with van der Waals surface area (Å²) in [6.07, 6.45) is 3.53. The third-order valence-electron chi connectivity index (χ3n) is 3.71. The maximum absolute atomic E-state index is 11.9. The van der Waals surface area contributed by atoms with Gasteiger partial charge in [-0.1, -0.05) is 13.8 Å². The Morgan fingerprint density at radius 1 is 1.35 bits per heavy atom. The summed E-state index contributed by atoms with van der Waals surface area (Å²) >= 11 is 1.75. The lowest BCUT2D eigenvalue weighted by Gasteiger charge is -2.38. The number of thioether (sulfide) groups is 1. The van der Waals surface area contributed by atoms with Crippen molar-refractivity contribution in [2.45, 2.75) is 45.0 Å². The summed E-state index contributed by atoms with van der Waals surface area (Å²) in [5, 5.41) is 3.15. The lowest BCUT2D eigenvalue weighted by atomic mass is 10.1. The Balaban J connectivity index is 2.38. The molecule has 20 heavy (non-hydrogen) atoms. The Labute approximate surface area is 129 Å². The molecule has 0 radical (unpaired) electrons. The monoisotopic (exact) mass is 322 g/mol. The molecule has 6 heteroatoms. The van der Waals surface area contributed by atoms with Crippen LogP contribution in [0.15, 0.2) is 0 Å². The fourth-order valence-corrected chi connectivity index (χ4v) is 5.53. The fraction of sp³-hybridized carbons (Fsp3) is 1.00. The summed E-state index contributed by atoms with van der Waals surface area (Å²) in [5.74, 6) is 2.44. The van der Waals surface area contributed by atoms with Crippen LogP contribution in [-0.2, 0) is 9.84 Å². The highest BCUT2D eigenvalue weighted by atomic mass is 32.2. The second kappa shape index (κ2) is 8.61. The van der Waals surface area contributed by atoms with Gasteiger partial charge in [-0.25, -0.2) is 8.42 Å². The molecule has 4 nitrogen and oxygen atoms in total. The van der Waals surface area contributed by atoms with Gasteiger partial charge in [0.2, 0.25) is 0 Å². The molecule has 1 aliphatic heterocycles. The summed E-state index contributed by atoms with van der Waals surface area (Å²) in [4.78, 5) is 2.19. The summed E-state index contributed by atoms with van der Waals surface area (Å²) in [6, 6.07) is 0.344. The van der Waals surface area contributed by atoms with Crippen LogP contribution in [-0.4, -0.2) is 62.1 Å². The SMILES string of the molecule is CC(C)CNCCCC(C)N1CCSCC1S(C)(=O)=O. The molecule has 0 amide bonds. The zero-order valence-electron chi connectivity index (χ0n) is 13.3. The molecular formula is C14H30N2O2S2. The maximum atomic E-state index is 11.9. The van der Waals surface area contributed by atoms with Crippen molar-refractivity contribution in [2.75, 3.05) is 37.4 Å². The minimum Gasteiger partial charge on any atom is -0.316 e. The molecule has 0 aromatic rings. The molecule has 1 fully saturated rings. The molecule has 0 aliphatic carbocycles. The molecule has 1 rings (SSSR count). The van der Waals surface area contributed by atoms with E-state index in [1.807, 2.05) is 0 Å². The van der Waals surface area contributed by atoms with Gasteiger partial charge in [0.25, 0.3) is 0 Å². The van der Waals surface area contributed by atoms with E-state index in [4.69, 9.17) is 0 Å². The van der Waals surface area contributed by atoms with Gasteiger partial charge in [0.05, 0.1) is 0 Å². The quantitative estimate of drug-likeness (QED) is 0.691. The van der Waals surface area contributed by atoms with Crippen molar-refractivity contribution in [3.8, 4) is 0 Å². The van der Waals surface area contributed by atoms with E-state index >= 15 is 0 Å². The van der Waals surface area contributed by atoms with Gasteiger partial charge in [0, 0.05) is 30.3 Å².